The van der Waals surface area contributed by atoms with E-state index < -0.39 is 25.7 Å². The first-order chi connectivity index (χ1) is 14.6. The molecule has 0 aliphatic heterocycles. The van der Waals surface area contributed by atoms with Gasteiger partial charge in [-0.2, -0.15) is 0 Å². The summed E-state index contributed by atoms with van der Waals surface area (Å²) >= 11 is -0.225. The van der Waals surface area contributed by atoms with Gasteiger partial charge in [0.1, 0.15) is 0 Å². The molecule has 0 aliphatic rings. The third-order valence-electron chi connectivity index (χ3n) is 6.58. The van der Waals surface area contributed by atoms with Gasteiger partial charge in [-0.15, -0.1) is 0 Å². The van der Waals surface area contributed by atoms with Crippen LogP contribution >= 0.6 is 11.8 Å². The second-order valence-electron chi connectivity index (χ2n) is 9.38. The number of unbranched alkanes of at least 4 members (excludes halogenated alkanes) is 11. The van der Waals surface area contributed by atoms with Crippen LogP contribution in [-0.2, 0) is 4.79 Å². The molecular weight excluding hydrogens is 495 g/mol. The van der Waals surface area contributed by atoms with Gasteiger partial charge in [0.25, 0.3) is 0 Å². The van der Waals surface area contributed by atoms with E-state index in [-0.39, 0.29) is 3.27 Å². The molecule has 0 saturated heterocycles. The molecule has 0 aliphatic carbocycles. The van der Waals surface area contributed by atoms with E-state index in [0.717, 1.165) is 5.75 Å². The van der Waals surface area contributed by atoms with Gasteiger partial charge in [0, 0.05) is 0 Å². The van der Waals surface area contributed by atoms with Gasteiger partial charge in [-0.25, -0.2) is 0 Å². The Morgan fingerprint density at radius 3 is 1.63 bits per heavy atom. The third kappa shape index (κ3) is 17.2. The molecule has 30 heavy (non-hydrogen) atoms. The van der Waals surface area contributed by atoms with Gasteiger partial charge in [0.15, 0.2) is 0 Å². The number of thioether (sulfide) groups is 1. The Morgan fingerprint density at radius 2 is 1.20 bits per heavy atom. The molecule has 2 nitrogen and oxygen atoms in total. The molecule has 0 aromatic carbocycles. The van der Waals surface area contributed by atoms with Crippen LogP contribution in [0.25, 0.3) is 0 Å². The third-order valence-corrected chi connectivity index (χ3v) is 21.9. The van der Waals surface area contributed by atoms with E-state index in [2.05, 4.69) is 27.7 Å². The molecule has 180 valence electrons. The number of hydrogen-bond acceptors (Lipinski definition) is 2. The molecule has 0 aromatic heterocycles. The van der Waals surface area contributed by atoms with Crippen molar-refractivity contribution in [1.29, 1.82) is 0 Å². The zero-order chi connectivity index (χ0) is 22.5. The molecule has 0 radical (unpaired) electrons. The van der Waals surface area contributed by atoms with Gasteiger partial charge in [0.05, 0.1) is 0 Å². The van der Waals surface area contributed by atoms with E-state index in [1.165, 1.54) is 112 Å². The summed E-state index contributed by atoms with van der Waals surface area (Å²) in [5, 5.41) is 10.1. The van der Waals surface area contributed by atoms with E-state index >= 15 is 0 Å². The average molecular weight is 549 g/mol. The minimum atomic E-state index is -2.08. The van der Waals surface area contributed by atoms with Crippen LogP contribution in [0, 0.1) is 5.92 Å². The van der Waals surface area contributed by atoms with E-state index in [0.29, 0.717) is 5.92 Å². The molecular formula is C26H54O2SSn. The molecule has 2 unspecified atom stereocenters. The van der Waals surface area contributed by atoms with Crippen molar-refractivity contribution in [3.8, 4) is 0 Å². The number of rotatable bonds is 23. The summed E-state index contributed by atoms with van der Waals surface area (Å²) in [7, 11) is 0. The number of carboxylic acids is 1. The summed E-state index contributed by atoms with van der Waals surface area (Å²) in [5.41, 5.74) is 0. The zero-order valence-electron chi connectivity index (χ0n) is 20.9. The van der Waals surface area contributed by atoms with Gasteiger partial charge in [-0.1, -0.05) is 0 Å². The predicted molar refractivity (Wildman–Crippen MR) is 141 cm³/mol. The number of hydrogen-bond donors (Lipinski definition) is 1. The number of carbonyl (C=O) groups is 1. The molecule has 0 rings (SSSR count). The topological polar surface area (TPSA) is 37.3 Å². The van der Waals surface area contributed by atoms with E-state index in [1.54, 1.807) is 0 Å². The van der Waals surface area contributed by atoms with E-state index in [1.807, 2.05) is 11.8 Å². The molecule has 2 atom stereocenters. The van der Waals surface area contributed by atoms with E-state index in [9.17, 15) is 9.90 Å². The molecule has 0 heterocycles. The number of carboxylic acid groups (broad SMARTS) is 1. The predicted octanol–water partition coefficient (Wildman–Crippen LogP) is 8.88. The first kappa shape index (κ1) is 30.6. The van der Waals surface area contributed by atoms with Crippen LogP contribution in [0.2, 0.25) is 8.87 Å². The Labute approximate surface area is 200 Å². The summed E-state index contributed by atoms with van der Waals surface area (Å²) < 4.78 is 2.64. The van der Waals surface area contributed by atoms with Gasteiger partial charge in [-0.05, 0) is 0 Å². The van der Waals surface area contributed by atoms with Crippen molar-refractivity contribution in [2.75, 3.05) is 5.75 Å². The van der Waals surface area contributed by atoms with Crippen molar-refractivity contribution in [2.24, 2.45) is 5.92 Å². The second-order valence-corrected chi connectivity index (χ2v) is 21.5. The van der Waals surface area contributed by atoms with Crippen LogP contribution in [0.1, 0.15) is 130 Å². The minimum absolute atomic E-state index is 0.00811. The Kier molecular flexibility index (Phi) is 23.3. The van der Waals surface area contributed by atoms with Crippen LogP contribution in [0.5, 0.6) is 0 Å². The van der Waals surface area contributed by atoms with Crippen molar-refractivity contribution < 1.29 is 9.90 Å². The fourth-order valence-corrected chi connectivity index (χ4v) is 19.1. The van der Waals surface area contributed by atoms with Crippen LogP contribution in [-0.4, -0.2) is 39.9 Å². The van der Waals surface area contributed by atoms with Gasteiger partial charge < -0.3 is 0 Å². The van der Waals surface area contributed by atoms with Crippen LogP contribution < -0.4 is 0 Å². The maximum absolute atomic E-state index is 12.2. The first-order valence-electron chi connectivity index (χ1n) is 13.4. The Bertz CT molecular complexity index is 362. The zero-order valence-corrected chi connectivity index (χ0v) is 25.0. The molecule has 0 saturated carbocycles. The Balaban J connectivity index is 4.66. The van der Waals surface area contributed by atoms with Crippen molar-refractivity contribution in [1.82, 2.24) is 0 Å². The van der Waals surface area contributed by atoms with Crippen molar-refractivity contribution in [2.45, 2.75) is 143 Å². The average Bonchev–Trinajstić information content (AvgIpc) is 2.74. The standard InChI is InChI=1S/C10H19O2S.2C8H17.Sn.H/c1-3-5-6-9(4-2)7-13-8-10(11)12;2*1-3-5-7-8-6-4-2;;/h8-9H,3-7H2,1-2H3,(H,11,12);2*1,3-8H2,2H3;;. The molecule has 4 heteroatoms. The van der Waals surface area contributed by atoms with Crippen molar-refractivity contribution in [3.05, 3.63) is 0 Å². The molecule has 0 aromatic rings. The van der Waals surface area contributed by atoms with Crippen molar-refractivity contribution in [3.63, 3.8) is 0 Å². The number of aliphatic carboxylic acids is 1. The molecule has 0 fully saturated rings. The maximum atomic E-state index is 12.2. The second kappa shape index (κ2) is 22.8. The van der Waals surface area contributed by atoms with Crippen LogP contribution in [0.3, 0.4) is 0 Å². The molecule has 1 N–H and O–H groups in total. The van der Waals surface area contributed by atoms with Gasteiger partial charge in [-0.3, -0.25) is 0 Å². The normalized spacial score (nSPS) is 13.6. The van der Waals surface area contributed by atoms with E-state index in [4.69, 9.17) is 0 Å². The fraction of sp³-hybridized carbons (Fsp3) is 0.962. The SMILES string of the molecule is CCCCCCC[CH2][SnH]([CH2]CCCCCCC)[CH](SCC(CC)CCCC)C(=O)O. The summed E-state index contributed by atoms with van der Waals surface area (Å²) in [6.07, 6.45) is 21.0. The molecule has 0 amide bonds. The first-order valence-corrected chi connectivity index (χ1v) is 21.1. The summed E-state index contributed by atoms with van der Waals surface area (Å²) in [4.78, 5) is 12.2. The van der Waals surface area contributed by atoms with Crippen LogP contribution in [0.15, 0.2) is 0 Å². The summed E-state index contributed by atoms with van der Waals surface area (Å²) in [5.74, 6) is 1.32. The van der Waals surface area contributed by atoms with Crippen molar-refractivity contribution >= 4 is 37.5 Å². The monoisotopic (exact) mass is 550 g/mol. The van der Waals surface area contributed by atoms with Gasteiger partial charge >= 0.3 is 202 Å². The quantitative estimate of drug-likeness (QED) is 0.102. The van der Waals surface area contributed by atoms with Gasteiger partial charge in [0.2, 0.25) is 0 Å². The fourth-order valence-electron chi connectivity index (χ4n) is 4.37. The summed E-state index contributed by atoms with van der Waals surface area (Å²) in [6.45, 7) is 9.08. The Hall–Kier alpha value is 0.619. The molecule has 0 spiro atoms. The molecule has 0 bridgehead atoms. The van der Waals surface area contributed by atoms with Crippen LogP contribution in [0.4, 0.5) is 0 Å². The Morgan fingerprint density at radius 1 is 0.733 bits per heavy atom. The summed E-state index contributed by atoms with van der Waals surface area (Å²) in [6, 6.07) is 0.